The van der Waals surface area contributed by atoms with Crippen LogP contribution < -0.4 is 10.2 Å². The fourth-order valence-corrected chi connectivity index (χ4v) is 6.50. The van der Waals surface area contributed by atoms with Gasteiger partial charge < -0.3 is 15.3 Å². The summed E-state index contributed by atoms with van der Waals surface area (Å²) in [5.41, 5.74) is 0.540. The molecule has 0 bridgehead atoms. The van der Waals surface area contributed by atoms with Crippen molar-refractivity contribution in [3.63, 3.8) is 0 Å². The molecule has 1 aliphatic carbocycles. The fourth-order valence-electron chi connectivity index (χ4n) is 5.01. The Kier molecular flexibility index (Phi) is 6.81. The number of hydrogen-bond acceptors (Lipinski definition) is 8. The van der Waals surface area contributed by atoms with E-state index in [9.17, 15) is 9.32 Å². The van der Waals surface area contributed by atoms with Crippen LogP contribution in [0.25, 0.3) is 0 Å². The van der Waals surface area contributed by atoms with Crippen LogP contribution in [-0.2, 0) is 17.2 Å². The molecule has 1 saturated carbocycles. The highest BCUT2D eigenvalue weighted by atomic mass is 35.5. The first-order chi connectivity index (χ1) is 16.1. The van der Waals surface area contributed by atoms with E-state index in [0.717, 1.165) is 87.3 Å². The Morgan fingerprint density at radius 2 is 1.94 bits per heavy atom. The number of hydrogen-bond donors (Lipinski definition) is 2. The summed E-state index contributed by atoms with van der Waals surface area (Å²) in [6.45, 7) is 1.72. The van der Waals surface area contributed by atoms with Crippen LogP contribution in [0.4, 0.5) is 11.8 Å². The minimum atomic E-state index is -1.12. The lowest BCUT2D eigenvalue weighted by Crippen LogP contribution is -2.49. The van der Waals surface area contributed by atoms with Gasteiger partial charge in [0.15, 0.2) is 0 Å². The Bertz CT molecular complexity index is 1010. The lowest BCUT2D eigenvalue weighted by Gasteiger charge is -2.42. The molecule has 8 nitrogen and oxygen atoms in total. The lowest BCUT2D eigenvalue weighted by atomic mass is 9.77. The molecule has 2 atom stereocenters. The quantitative estimate of drug-likeness (QED) is 0.656. The molecular weight excluding hydrogens is 460 g/mol. The molecule has 10 heteroatoms. The highest BCUT2D eigenvalue weighted by molar-refractivity contribution is 7.85. The molecule has 2 aromatic heterocycles. The van der Waals surface area contributed by atoms with Crippen LogP contribution in [-0.4, -0.2) is 60.2 Å². The van der Waals surface area contributed by atoms with Crippen molar-refractivity contribution in [3.8, 4) is 0 Å². The first kappa shape index (κ1) is 22.9. The first-order valence-corrected chi connectivity index (χ1v) is 13.7. The molecule has 1 saturated heterocycles. The minimum absolute atomic E-state index is 0.0558. The van der Waals surface area contributed by atoms with Crippen LogP contribution in [0.3, 0.4) is 0 Å². The third-order valence-corrected chi connectivity index (χ3v) is 8.90. The largest absolute Gasteiger partial charge is 0.394 e. The van der Waals surface area contributed by atoms with Crippen LogP contribution >= 0.6 is 11.6 Å². The number of aromatic nitrogens is 4. The van der Waals surface area contributed by atoms with E-state index in [4.69, 9.17) is 21.6 Å². The standard InChI is InChI=1S/C23H31ClN6O2S/c24-17-13-25-20(26-14-17)16-5-3-10-30(11-7-16)22-27-18-6-1-2-12-33(32)19(18)21(28-22)29-23(15-31)8-4-9-23/h13-14,16,31H,1-12,15H2,(H,27,28,29)/t16?,33-/m0/s1. The highest BCUT2D eigenvalue weighted by Crippen LogP contribution is 2.38. The molecular formula is C23H31ClN6O2S. The minimum Gasteiger partial charge on any atom is -0.394 e. The number of fused-ring (bicyclic) bond motifs is 1. The number of aryl methyl sites for hydroxylation is 1. The van der Waals surface area contributed by atoms with E-state index < -0.39 is 10.8 Å². The van der Waals surface area contributed by atoms with Crippen molar-refractivity contribution in [1.29, 1.82) is 0 Å². The molecule has 2 N–H and O–H groups in total. The van der Waals surface area contributed by atoms with Gasteiger partial charge in [-0.2, -0.15) is 4.98 Å². The topological polar surface area (TPSA) is 104 Å². The Balaban J connectivity index is 1.43. The number of nitrogens with one attached hydrogen (secondary N) is 1. The number of aliphatic hydroxyl groups is 1. The van der Waals surface area contributed by atoms with Gasteiger partial charge in [0, 0.05) is 37.2 Å². The molecule has 2 aliphatic heterocycles. The summed E-state index contributed by atoms with van der Waals surface area (Å²) < 4.78 is 13.1. The van der Waals surface area contributed by atoms with E-state index in [1.807, 2.05) is 0 Å². The number of halogens is 1. The zero-order chi connectivity index (χ0) is 22.8. The maximum Gasteiger partial charge on any atom is 0.227 e. The first-order valence-electron chi connectivity index (χ1n) is 12.0. The van der Waals surface area contributed by atoms with Crippen molar-refractivity contribution in [1.82, 2.24) is 19.9 Å². The molecule has 2 fully saturated rings. The van der Waals surface area contributed by atoms with Crippen molar-refractivity contribution in [2.45, 2.75) is 74.1 Å². The Labute approximate surface area is 202 Å². The van der Waals surface area contributed by atoms with Gasteiger partial charge in [0.25, 0.3) is 0 Å². The van der Waals surface area contributed by atoms with E-state index in [-0.39, 0.29) is 18.1 Å². The molecule has 33 heavy (non-hydrogen) atoms. The summed E-state index contributed by atoms with van der Waals surface area (Å²) in [6.07, 6.45) is 11.8. The summed E-state index contributed by atoms with van der Waals surface area (Å²) in [4.78, 5) is 21.7. The van der Waals surface area contributed by atoms with Crippen molar-refractivity contribution >= 4 is 34.2 Å². The maximum atomic E-state index is 13.1. The zero-order valence-corrected chi connectivity index (χ0v) is 20.4. The Morgan fingerprint density at radius 1 is 1.12 bits per heavy atom. The molecule has 0 radical (unpaired) electrons. The van der Waals surface area contributed by atoms with E-state index in [2.05, 4.69) is 20.2 Å². The van der Waals surface area contributed by atoms with Crippen LogP contribution in [0.5, 0.6) is 0 Å². The summed E-state index contributed by atoms with van der Waals surface area (Å²) in [5, 5.41) is 14.1. The third kappa shape index (κ3) is 4.86. The summed E-state index contributed by atoms with van der Waals surface area (Å²) in [6, 6.07) is 0. The maximum absolute atomic E-state index is 13.1. The van der Waals surface area contributed by atoms with Gasteiger partial charge in [-0.15, -0.1) is 0 Å². The number of rotatable bonds is 5. The second-order valence-corrected chi connectivity index (χ2v) is 11.4. The van der Waals surface area contributed by atoms with Gasteiger partial charge in [0.05, 0.1) is 33.7 Å². The summed E-state index contributed by atoms with van der Waals surface area (Å²) in [7, 11) is -1.12. The van der Waals surface area contributed by atoms with Gasteiger partial charge in [-0.25, -0.2) is 15.0 Å². The van der Waals surface area contributed by atoms with Crippen molar-refractivity contribution in [3.05, 3.63) is 28.9 Å². The second-order valence-electron chi connectivity index (χ2n) is 9.45. The number of nitrogens with zero attached hydrogens (tertiary/aromatic N) is 5. The Morgan fingerprint density at radius 3 is 2.67 bits per heavy atom. The lowest BCUT2D eigenvalue weighted by molar-refractivity contribution is 0.143. The normalized spacial score (nSPS) is 24.8. The number of aliphatic hydroxyl groups excluding tert-OH is 1. The van der Waals surface area contributed by atoms with Gasteiger partial charge in [-0.05, 0) is 57.8 Å². The third-order valence-electron chi connectivity index (χ3n) is 7.16. The van der Waals surface area contributed by atoms with Crippen LogP contribution in [0, 0.1) is 0 Å². The van der Waals surface area contributed by atoms with Gasteiger partial charge in [-0.3, -0.25) is 4.21 Å². The van der Waals surface area contributed by atoms with E-state index >= 15 is 0 Å². The van der Waals surface area contributed by atoms with Gasteiger partial charge in [0.1, 0.15) is 16.5 Å². The Hall–Kier alpha value is -1.84. The van der Waals surface area contributed by atoms with E-state index in [0.29, 0.717) is 22.5 Å². The molecule has 1 unspecified atom stereocenters. The van der Waals surface area contributed by atoms with E-state index in [1.54, 1.807) is 12.4 Å². The average Bonchev–Trinajstić information content (AvgIpc) is 3.15. The average molecular weight is 491 g/mol. The molecule has 0 amide bonds. The predicted molar refractivity (Wildman–Crippen MR) is 129 cm³/mol. The second kappa shape index (κ2) is 9.80. The fraction of sp³-hybridized carbons (Fsp3) is 0.652. The van der Waals surface area contributed by atoms with Crippen molar-refractivity contribution in [2.75, 3.05) is 35.7 Å². The van der Waals surface area contributed by atoms with Crippen LogP contribution in [0.1, 0.15) is 68.8 Å². The van der Waals surface area contributed by atoms with Gasteiger partial charge in [-0.1, -0.05) is 11.6 Å². The SMILES string of the molecule is O=[S@]1CCCCc2nc(N3CCCC(c4ncc(Cl)cn4)CC3)nc(NC3(CO)CCC3)c21. The molecule has 178 valence electrons. The summed E-state index contributed by atoms with van der Waals surface area (Å²) >= 11 is 5.96. The highest BCUT2D eigenvalue weighted by Gasteiger charge is 2.38. The molecule has 3 aliphatic rings. The molecule has 4 heterocycles. The van der Waals surface area contributed by atoms with E-state index in [1.165, 1.54) is 0 Å². The summed E-state index contributed by atoms with van der Waals surface area (Å²) in [5.74, 6) is 3.12. The van der Waals surface area contributed by atoms with Crippen LogP contribution in [0.2, 0.25) is 5.02 Å². The van der Waals surface area contributed by atoms with Crippen LogP contribution in [0.15, 0.2) is 17.3 Å². The monoisotopic (exact) mass is 490 g/mol. The molecule has 2 aromatic rings. The smallest absolute Gasteiger partial charge is 0.227 e. The van der Waals surface area contributed by atoms with Crippen molar-refractivity contribution < 1.29 is 9.32 Å². The van der Waals surface area contributed by atoms with Gasteiger partial charge in [0.2, 0.25) is 5.95 Å². The molecule has 0 aromatic carbocycles. The molecule has 0 spiro atoms. The van der Waals surface area contributed by atoms with Gasteiger partial charge >= 0.3 is 0 Å². The number of anilines is 2. The predicted octanol–water partition coefficient (Wildman–Crippen LogP) is 3.46. The molecule has 5 rings (SSSR count). The van der Waals surface area contributed by atoms with Crippen molar-refractivity contribution in [2.24, 2.45) is 0 Å². The zero-order valence-electron chi connectivity index (χ0n) is 18.8.